The predicted molar refractivity (Wildman–Crippen MR) is 85.6 cm³/mol. The average molecular weight is 288 g/mol. The van der Waals surface area contributed by atoms with Gasteiger partial charge in [-0.3, -0.25) is 0 Å². The summed E-state index contributed by atoms with van der Waals surface area (Å²) in [6.07, 6.45) is 0. The van der Waals surface area contributed by atoms with Gasteiger partial charge in [-0.1, -0.05) is 18.2 Å². The van der Waals surface area contributed by atoms with Gasteiger partial charge in [-0.2, -0.15) is 0 Å². The fourth-order valence-electron chi connectivity index (χ4n) is 2.53. The van der Waals surface area contributed by atoms with E-state index in [1.807, 2.05) is 6.92 Å². The van der Waals surface area contributed by atoms with E-state index in [-0.39, 0.29) is 0 Å². The van der Waals surface area contributed by atoms with Gasteiger partial charge in [0.25, 0.3) is 0 Å². The minimum absolute atomic E-state index is 0.591. The van der Waals surface area contributed by atoms with Gasteiger partial charge in [-0.05, 0) is 19.1 Å². The lowest BCUT2D eigenvalue weighted by Crippen LogP contribution is -2.46. The van der Waals surface area contributed by atoms with Crippen molar-refractivity contribution in [1.82, 2.24) is 4.98 Å². The molecule has 20 heavy (non-hydrogen) atoms. The van der Waals surface area contributed by atoms with E-state index in [0.717, 1.165) is 37.0 Å². The minimum Gasteiger partial charge on any atom is -0.368 e. The largest absolute Gasteiger partial charge is 0.368 e. The van der Waals surface area contributed by atoms with Gasteiger partial charge in [0.15, 0.2) is 5.13 Å². The van der Waals surface area contributed by atoms with Crippen LogP contribution in [-0.2, 0) is 6.54 Å². The quantitative estimate of drug-likeness (QED) is 0.941. The molecule has 1 saturated heterocycles. The Balaban J connectivity index is 1.66. The number of nitrogens with zero attached hydrogens (tertiary/aromatic N) is 3. The summed E-state index contributed by atoms with van der Waals surface area (Å²) in [5.41, 5.74) is 8.13. The third kappa shape index (κ3) is 2.64. The Hall–Kier alpha value is -1.59. The van der Waals surface area contributed by atoms with Crippen LogP contribution in [0.4, 0.5) is 10.8 Å². The van der Waals surface area contributed by atoms with Gasteiger partial charge in [0.05, 0.1) is 5.69 Å². The van der Waals surface area contributed by atoms with Gasteiger partial charge in [-0.25, -0.2) is 4.98 Å². The summed E-state index contributed by atoms with van der Waals surface area (Å²) in [7, 11) is 0. The van der Waals surface area contributed by atoms with Crippen molar-refractivity contribution >= 4 is 22.2 Å². The number of nitrogens with two attached hydrogens (primary N) is 1. The van der Waals surface area contributed by atoms with Crippen LogP contribution in [0.5, 0.6) is 0 Å². The fraction of sp³-hybridized carbons (Fsp3) is 0.400. The second-order valence-corrected chi connectivity index (χ2v) is 6.08. The van der Waals surface area contributed by atoms with E-state index < -0.39 is 0 Å². The van der Waals surface area contributed by atoms with Crippen LogP contribution in [-0.4, -0.2) is 31.2 Å². The molecule has 2 aromatic rings. The molecule has 0 spiro atoms. The number of benzene rings is 1. The van der Waals surface area contributed by atoms with Crippen molar-refractivity contribution in [2.24, 2.45) is 5.73 Å². The van der Waals surface area contributed by atoms with Crippen molar-refractivity contribution in [3.8, 4) is 0 Å². The van der Waals surface area contributed by atoms with Crippen molar-refractivity contribution in [1.29, 1.82) is 0 Å². The Morgan fingerprint density at radius 1 is 1.10 bits per heavy atom. The normalized spacial score (nSPS) is 15.7. The van der Waals surface area contributed by atoms with Gasteiger partial charge in [-0.15, -0.1) is 11.3 Å². The molecule has 2 heterocycles. The van der Waals surface area contributed by atoms with E-state index >= 15 is 0 Å². The Labute approximate surface area is 123 Å². The van der Waals surface area contributed by atoms with Gasteiger partial charge in [0.1, 0.15) is 0 Å². The second kappa shape index (κ2) is 5.81. The van der Waals surface area contributed by atoms with Gasteiger partial charge in [0.2, 0.25) is 0 Å². The zero-order valence-corrected chi connectivity index (χ0v) is 12.6. The molecule has 106 valence electrons. The monoisotopic (exact) mass is 288 g/mol. The van der Waals surface area contributed by atoms with Crippen LogP contribution in [0.25, 0.3) is 0 Å². The molecule has 1 aliphatic rings. The molecular weight excluding hydrogens is 268 g/mol. The fourth-order valence-corrected chi connectivity index (χ4v) is 3.52. The molecule has 1 aromatic heterocycles. The molecule has 4 nitrogen and oxygen atoms in total. The summed E-state index contributed by atoms with van der Waals surface area (Å²) in [5, 5.41) is 1.12. The van der Waals surface area contributed by atoms with E-state index in [0.29, 0.717) is 6.54 Å². The van der Waals surface area contributed by atoms with Crippen LogP contribution in [0.1, 0.15) is 10.6 Å². The Morgan fingerprint density at radius 2 is 1.75 bits per heavy atom. The molecule has 0 amide bonds. The minimum atomic E-state index is 0.591. The lowest BCUT2D eigenvalue weighted by atomic mass is 10.2. The molecule has 1 fully saturated rings. The van der Waals surface area contributed by atoms with Crippen molar-refractivity contribution in [2.75, 3.05) is 36.0 Å². The maximum absolute atomic E-state index is 5.74. The van der Waals surface area contributed by atoms with Crippen LogP contribution in [0.3, 0.4) is 0 Å². The zero-order chi connectivity index (χ0) is 13.9. The topological polar surface area (TPSA) is 45.4 Å². The van der Waals surface area contributed by atoms with Gasteiger partial charge < -0.3 is 15.5 Å². The lowest BCUT2D eigenvalue weighted by molar-refractivity contribution is 0.651. The Morgan fingerprint density at radius 3 is 2.35 bits per heavy atom. The summed E-state index contributed by atoms with van der Waals surface area (Å²) in [5.74, 6) is 0. The molecule has 3 rings (SSSR count). The van der Waals surface area contributed by atoms with Crippen LogP contribution in [0, 0.1) is 6.92 Å². The molecule has 0 bridgehead atoms. The number of hydrogen-bond donors (Lipinski definition) is 1. The molecule has 0 atom stereocenters. The van der Waals surface area contributed by atoms with Crippen molar-refractivity contribution < 1.29 is 0 Å². The summed E-state index contributed by atoms with van der Waals surface area (Å²) in [4.78, 5) is 10.7. The predicted octanol–water partition coefficient (Wildman–Crippen LogP) is 2.24. The lowest BCUT2D eigenvalue weighted by Gasteiger charge is -2.36. The number of anilines is 2. The SMILES string of the molecule is Cc1nc(N2CCN(c3ccccc3)CC2)sc1CN. The van der Waals surface area contributed by atoms with E-state index in [2.05, 4.69) is 45.1 Å². The second-order valence-electron chi connectivity index (χ2n) is 5.02. The molecule has 5 heteroatoms. The maximum Gasteiger partial charge on any atom is 0.185 e. The van der Waals surface area contributed by atoms with Crippen LogP contribution in [0.15, 0.2) is 30.3 Å². The number of aryl methyl sites for hydroxylation is 1. The first-order valence-corrected chi connectivity index (χ1v) is 7.81. The van der Waals surface area contributed by atoms with E-state index in [9.17, 15) is 0 Å². The number of para-hydroxylation sites is 1. The first-order valence-electron chi connectivity index (χ1n) is 6.99. The van der Waals surface area contributed by atoms with E-state index in [1.165, 1.54) is 10.6 Å². The number of hydrogen-bond acceptors (Lipinski definition) is 5. The van der Waals surface area contributed by atoms with Gasteiger partial charge in [0, 0.05) is 43.3 Å². The van der Waals surface area contributed by atoms with Crippen LogP contribution < -0.4 is 15.5 Å². The summed E-state index contributed by atoms with van der Waals surface area (Å²) in [6, 6.07) is 10.6. The highest BCUT2D eigenvalue weighted by molar-refractivity contribution is 7.15. The first kappa shape index (κ1) is 13.4. The molecule has 1 aliphatic heterocycles. The average Bonchev–Trinajstić information content (AvgIpc) is 2.89. The zero-order valence-electron chi connectivity index (χ0n) is 11.7. The molecular formula is C15H20N4S. The third-order valence-electron chi connectivity index (χ3n) is 3.74. The third-order valence-corrected chi connectivity index (χ3v) is 4.98. The number of aromatic nitrogens is 1. The smallest absolute Gasteiger partial charge is 0.185 e. The summed E-state index contributed by atoms with van der Waals surface area (Å²) >= 11 is 1.73. The van der Waals surface area contributed by atoms with E-state index in [1.54, 1.807) is 11.3 Å². The summed E-state index contributed by atoms with van der Waals surface area (Å²) in [6.45, 7) is 6.76. The number of piperazine rings is 1. The number of rotatable bonds is 3. The molecule has 1 aromatic carbocycles. The highest BCUT2D eigenvalue weighted by Crippen LogP contribution is 2.27. The maximum atomic E-state index is 5.74. The molecule has 2 N–H and O–H groups in total. The first-order chi connectivity index (χ1) is 9.78. The molecule has 0 unspecified atom stereocenters. The van der Waals surface area contributed by atoms with Crippen molar-refractivity contribution in [2.45, 2.75) is 13.5 Å². The highest BCUT2D eigenvalue weighted by Gasteiger charge is 2.20. The Bertz CT molecular complexity index is 559. The summed E-state index contributed by atoms with van der Waals surface area (Å²) < 4.78 is 0. The molecule has 0 saturated carbocycles. The van der Waals surface area contributed by atoms with Crippen molar-refractivity contribution in [3.05, 3.63) is 40.9 Å². The van der Waals surface area contributed by atoms with Crippen LogP contribution >= 0.6 is 11.3 Å². The van der Waals surface area contributed by atoms with Crippen molar-refractivity contribution in [3.63, 3.8) is 0 Å². The van der Waals surface area contributed by atoms with Gasteiger partial charge >= 0.3 is 0 Å². The molecule has 0 aliphatic carbocycles. The highest BCUT2D eigenvalue weighted by atomic mass is 32.1. The Kier molecular flexibility index (Phi) is 3.89. The number of thiazole rings is 1. The molecule has 0 radical (unpaired) electrons. The standard InChI is InChI=1S/C15H20N4S/c1-12-14(11-16)20-15(17-12)19-9-7-18(8-10-19)13-5-3-2-4-6-13/h2-6H,7-11,16H2,1H3. The van der Waals surface area contributed by atoms with Crippen LogP contribution in [0.2, 0.25) is 0 Å². The van der Waals surface area contributed by atoms with E-state index in [4.69, 9.17) is 5.73 Å².